The van der Waals surface area contributed by atoms with Gasteiger partial charge in [-0.15, -0.1) is 0 Å². The molecule has 0 aromatic carbocycles. The van der Waals surface area contributed by atoms with Crippen molar-refractivity contribution in [3.8, 4) is 0 Å². The second-order valence-corrected chi connectivity index (χ2v) is 7.14. The maximum Gasteiger partial charge on any atom is 0.0502 e. The number of ether oxygens (including phenoxy) is 1. The van der Waals surface area contributed by atoms with Crippen LogP contribution in [0.2, 0.25) is 0 Å². The molecule has 1 atom stereocenters. The number of hydrogen-bond donors (Lipinski definition) is 1. The number of piperidine rings is 1. The first kappa shape index (κ1) is 16.3. The third kappa shape index (κ3) is 4.71. The lowest BCUT2D eigenvalue weighted by molar-refractivity contribution is 0.0569. The first-order chi connectivity index (χ1) is 9.78. The van der Waals surface area contributed by atoms with Crippen molar-refractivity contribution in [2.24, 2.45) is 11.3 Å². The van der Waals surface area contributed by atoms with Gasteiger partial charge in [-0.2, -0.15) is 0 Å². The highest BCUT2D eigenvalue weighted by Gasteiger charge is 2.33. The molecule has 0 amide bonds. The van der Waals surface area contributed by atoms with Crippen molar-refractivity contribution >= 4 is 0 Å². The van der Waals surface area contributed by atoms with Crippen LogP contribution in [-0.4, -0.2) is 51.8 Å². The van der Waals surface area contributed by atoms with E-state index < -0.39 is 0 Å². The monoisotopic (exact) mass is 282 g/mol. The van der Waals surface area contributed by atoms with Crippen LogP contribution in [0.3, 0.4) is 0 Å². The molecule has 2 aliphatic rings. The lowest BCUT2D eigenvalue weighted by Gasteiger charge is -2.41. The van der Waals surface area contributed by atoms with Crippen LogP contribution in [0.15, 0.2) is 0 Å². The minimum atomic E-state index is 0.528. The minimum absolute atomic E-state index is 0.528. The van der Waals surface area contributed by atoms with Gasteiger partial charge in [-0.25, -0.2) is 0 Å². The van der Waals surface area contributed by atoms with E-state index in [1.54, 1.807) is 0 Å². The van der Waals surface area contributed by atoms with E-state index in [0.717, 1.165) is 12.5 Å². The summed E-state index contributed by atoms with van der Waals surface area (Å²) >= 11 is 0. The van der Waals surface area contributed by atoms with E-state index in [9.17, 15) is 0 Å². The van der Waals surface area contributed by atoms with Crippen LogP contribution in [0.5, 0.6) is 0 Å². The van der Waals surface area contributed by atoms with E-state index in [1.165, 1.54) is 77.5 Å². The standard InChI is InChI=1S/C17H34N2O/c1-18-14-17(9-5-3-4-6-10-17)15-19-11-7-8-16(12-19)13-20-2/h16,18H,3-15H2,1-2H3. The van der Waals surface area contributed by atoms with Gasteiger partial charge in [0.05, 0.1) is 6.61 Å². The van der Waals surface area contributed by atoms with Gasteiger partial charge in [0.2, 0.25) is 0 Å². The van der Waals surface area contributed by atoms with Gasteiger partial charge in [0.25, 0.3) is 0 Å². The quantitative estimate of drug-likeness (QED) is 0.758. The second-order valence-electron chi connectivity index (χ2n) is 7.14. The van der Waals surface area contributed by atoms with E-state index in [0.29, 0.717) is 5.41 Å². The van der Waals surface area contributed by atoms with Gasteiger partial charge in [-0.05, 0) is 50.6 Å². The molecule has 0 aromatic rings. The van der Waals surface area contributed by atoms with Gasteiger partial charge < -0.3 is 15.0 Å². The fourth-order valence-electron chi connectivity index (χ4n) is 4.39. The smallest absolute Gasteiger partial charge is 0.0502 e. The Kier molecular flexibility index (Phi) is 6.79. The van der Waals surface area contributed by atoms with Crippen molar-refractivity contribution in [1.82, 2.24) is 10.2 Å². The lowest BCUT2D eigenvalue weighted by Crippen LogP contribution is -2.47. The molecule has 1 unspecified atom stereocenters. The average molecular weight is 282 g/mol. The molecular formula is C17H34N2O. The molecule has 2 rings (SSSR count). The molecule has 0 aromatic heterocycles. The first-order valence-corrected chi connectivity index (χ1v) is 8.64. The molecule has 0 spiro atoms. The Morgan fingerprint density at radius 2 is 1.90 bits per heavy atom. The SMILES string of the molecule is CNCC1(CN2CCCC(COC)C2)CCCCCC1. The largest absolute Gasteiger partial charge is 0.384 e. The summed E-state index contributed by atoms with van der Waals surface area (Å²) in [5.41, 5.74) is 0.528. The van der Waals surface area contributed by atoms with Crippen LogP contribution in [0.1, 0.15) is 51.4 Å². The molecule has 1 heterocycles. The van der Waals surface area contributed by atoms with Crippen LogP contribution in [0.25, 0.3) is 0 Å². The fourth-order valence-corrected chi connectivity index (χ4v) is 4.39. The summed E-state index contributed by atoms with van der Waals surface area (Å²) in [6.07, 6.45) is 11.3. The topological polar surface area (TPSA) is 24.5 Å². The summed E-state index contributed by atoms with van der Waals surface area (Å²) in [6.45, 7) is 5.98. The molecule has 2 fully saturated rings. The van der Waals surface area contributed by atoms with Gasteiger partial charge in [-0.1, -0.05) is 25.7 Å². The Labute approximate surface area is 125 Å². The average Bonchev–Trinajstić information content (AvgIpc) is 2.66. The van der Waals surface area contributed by atoms with Crippen LogP contribution in [-0.2, 0) is 4.74 Å². The Morgan fingerprint density at radius 1 is 1.15 bits per heavy atom. The Balaban J connectivity index is 1.92. The summed E-state index contributed by atoms with van der Waals surface area (Å²) < 4.78 is 5.37. The molecule has 1 N–H and O–H groups in total. The Bertz CT molecular complexity index is 260. The third-order valence-electron chi connectivity index (χ3n) is 5.28. The zero-order valence-corrected chi connectivity index (χ0v) is 13.6. The summed E-state index contributed by atoms with van der Waals surface area (Å²) in [7, 11) is 3.96. The molecule has 1 saturated heterocycles. The van der Waals surface area contributed by atoms with Gasteiger partial charge in [-0.3, -0.25) is 0 Å². The molecule has 1 saturated carbocycles. The number of nitrogens with one attached hydrogen (secondary N) is 1. The van der Waals surface area contributed by atoms with Gasteiger partial charge >= 0.3 is 0 Å². The van der Waals surface area contributed by atoms with Crippen LogP contribution < -0.4 is 5.32 Å². The molecule has 0 bridgehead atoms. The maximum atomic E-state index is 5.37. The van der Waals surface area contributed by atoms with Crippen LogP contribution >= 0.6 is 0 Å². The zero-order chi connectivity index (χ0) is 14.3. The molecule has 3 nitrogen and oxygen atoms in total. The molecular weight excluding hydrogens is 248 g/mol. The predicted molar refractivity (Wildman–Crippen MR) is 85.1 cm³/mol. The van der Waals surface area contributed by atoms with Crippen molar-refractivity contribution in [2.45, 2.75) is 51.4 Å². The summed E-state index contributed by atoms with van der Waals surface area (Å²) in [6, 6.07) is 0. The second kappa shape index (κ2) is 8.35. The van der Waals surface area contributed by atoms with E-state index in [4.69, 9.17) is 4.74 Å². The number of likely N-dealkylation sites (tertiary alicyclic amines) is 1. The summed E-state index contributed by atoms with van der Waals surface area (Å²) in [5.74, 6) is 0.756. The van der Waals surface area contributed by atoms with Crippen LogP contribution in [0.4, 0.5) is 0 Å². The van der Waals surface area contributed by atoms with E-state index >= 15 is 0 Å². The minimum Gasteiger partial charge on any atom is -0.384 e. The fraction of sp³-hybridized carbons (Fsp3) is 1.00. The Morgan fingerprint density at radius 3 is 2.55 bits per heavy atom. The van der Waals surface area contributed by atoms with Gasteiger partial charge in [0.1, 0.15) is 0 Å². The molecule has 3 heteroatoms. The highest BCUT2D eigenvalue weighted by molar-refractivity contribution is 4.88. The van der Waals surface area contributed by atoms with Crippen molar-refractivity contribution in [2.75, 3.05) is 46.9 Å². The van der Waals surface area contributed by atoms with Crippen molar-refractivity contribution in [1.29, 1.82) is 0 Å². The number of methoxy groups -OCH3 is 1. The van der Waals surface area contributed by atoms with Gasteiger partial charge in [0.15, 0.2) is 0 Å². The summed E-state index contributed by atoms with van der Waals surface area (Å²) in [4.78, 5) is 2.73. The number of nitrogens with zero attached hydrogens (tertiary/aromatic N) is 1. The Hall–Kier alpha value is -0.120. The van der Waals surface area contributed by atoms with Crippen molar-refractivity contribution in [3.63, 3.8) is 0 Å². The third-order valence-corrected chi connectivity index (χ3v) is 5.28. The summed E-state index contributed by atoms with van der Waals surface area (Å²) in [5, 5.41) is 3.48. The van der Waals surface area contributed by atoms with E-state index in [2.05, 4.69) is 17.3 Å². The molecule has 118 valence electrons. The van der Waals surface area contributed by atoms with Crippen LogP contribution in [0, 0.1) is 11.3 Å². The maximum absolute atomic E-state index is 5.37. The van der Waals surface area contributed by atoms with Gasteiger partial charge in [0, 0.05) is 26.7 Å². The number of rotatable bonds is 6. The lowest BCUT2D eigenvalue weighted by atomic mass is 9.79. The molecule has 20 heavy (non-hydrogen) atoms. The normalized spacial score (nSPS) is 28.2. The van der Waals surface area contributed by atoms with Crippen molar-refractivity contribution in [3.05, 3.63) is 0 Å². The van der Waals surface area contributed by atoms with E-state index in [-0.39, 0.29) is 0 Å². The molecule has 1 aliphatic carbocycles. The predicted octanol–water partition coefficient (Wildman–Crippen LogP) is 2.90. The van der Waals surface area contributed by atoms with E-state index in [1.807, 2.05) is 7.11 Å². The number of hydrogen-bond acceptors (Lipinski definition) is 3. The van der Waals surface area contributed by atoms with Crippen molar-refractivity contribution < 1.29 is 4.74 Å². The highest BCUT2D eigenvalue weighted by atomic mass is 16.5. The zero-order valence-electron chi connectivity index (χ0n) is 13.6. The molecule has 0 radical (unpaired) electrons. The highest BCUT2D eigenvalue weighted by Crippen LogP contribution is 2.36. The first-order valence-electron chi connectivity index (χ1n) is 8.64. The molecule has 1 aliphatic heterocycles.